The zero-order chi connectivity index (χ0) is 15.5. The van der Waals surface area contributed by atoms with Crippen molar-refractivity contribution < 1.29 is 36.2 Å². The second-order valence-corrected chi connectivity index (χ2v) is 3.39. The Morgan fingerprint density at radius 3 is 2.35 bits per heavy atom. The van der Waals surface area contributed by atoms with Gasteiger partial charge in [0, 0.05) is 5.56 Å². The van der Waals surface area contributed by atoms with Crippen LogP contribution in [0.15, 0.2) is 12.1 Å². The first-order valence-electron chi connectivity index (χ1n) is 4.90. The van der Waals surface area contributed by atoms with E-state index in [2.05, 4.69) is 9.47 Å². The molecule has 0 aromatic heterocycles. The highest BCUT2D eigenvalue weighted by Gasteiger charge is 2.33. The molecule has 0 heterocycles. The van der Waals surface area contributed by atoms with E-state index < -0.39 is 41.2 Å². The van der Waals surface area contributed by atoms with Crippen molar-refractivity contribution in [2.75, 3.05) is 7.11 Å². The van der Waals surface area contributed by atoms with Crippen LogP contribution in [0.3, 0.4) is 0 Å². The standard InChI is InChI=1S/C11H6F5NO3/c1-19-10(18)7-2-5(4-17)8(20-11(14,15)16)3-6(7)9(12)13/h2-3,9H,1H3. The van der Waals surface area contributed by atoms with Gasteiger partial charge in [-0.3, -0.25) is 0 Å². The molecule has 0 amide bonds. The van der Waals surface area contributed by atoms with E-state index in [1.165, 1.54) is 6.07 Å². The zero-order valence-electron chi connectivity index (χ0n) is 9.79. The molecule has 4 nitrogen and oxygen atoms in total. The molecule has 0 spiro atoms. The van der Waals surface area contributed by atoms with Gasteiger partial charge in [-0.2, -0.15) is 5.26 Å². The third kappa shape index (κ3) is 3.57. The monoisotopic (exact) mass is 295 g/mol. The Hall–Kier alpha value is -2.37. The summed E-state index contributed by atoms with van der Waals surface area (Å²) in [5, 5.41) is 8.69. The van der Waals surface area contributed by atoms with Crippen molar-refractivity contribution in [3.8, 4) is 11.8 Å². The first-order chi connectivity index (χ1) is 9.19. The average Bonchev–Trinajstić information content (AvgIpc) is 2.35. The predicted molar refractivity (Wildman–Crippen MR) is 54.1 cm³/mol. The molecule has 1 aromatic carbocycles. The molecule has 0 saturated heterocycles. The normalized spacial score (nSPS) is 11.1. The van der Waals surface area contributed by atoms with Gasteiger partial charge in [-0.05, 0) is 12.1 Å². The molecule has 0 aliphatic carbocycles. The minimum atomic E-state index is -5.15. The van der Waals surface area contributed by atoms with E-state index in [-0.39, 0.29) is 0 Å². The van der Waals surface area contributed by atoms with Gasteiger partial charge in [0.25, 0.3) is 6.43 Å². The number of rotatable bonds is 3. The molecule has 0 atom stereocenters. The van der Waals surface area contributed by atoms with Gasteiger partial charge in [0.15, 0.2) is 0 Å². The Morgan fingerprint density at radius 1 is 1.35 bits per heavy atom. The maximum absolute atomic E-state index is 12.7. The van der Waals surface area contributed by atoms with Crippen LogP contribution < -0.4 is 4.74 Å². The lowest BCUT2D eigenvalue weighted by Crippen LogP contribution is -2.18. The number of alkyl halides is 5. The summed E-state index contributed by atoms with van der Waals surface area (Å²) in [6.45, 7) is 0. The molecule has 20 heavy (non-hydrogen) atoms. The fourth-order valence-corrected chi connectivity index (χ4v) is 1.36. The molecule has 0 unspecified atom stereocenters. The van der Waals surface area contributed by atoms with Crippen LogP contribution in [0, 0.1) is 11.3 Å². The zero-order valence-corrected chi connectivity index (χ0v) is 9.79. The second kappa shape index (κ2) is 5.73. The summed E-state index contributed by atoms with van der Waals surface area (Å²) < 4.78 is 69.5. The highest BCUT2D eigenvalue weighted by atomic mass is 19.4. The van der Waals surface area contributed by atoms with E-state index in [1.54, 1.807) is 0 Å². The lowest BCUT2D eigenvalue weighted by molar-refractivity contribution is -0.274. The Kier molecular flexibility index (Phi) is 4.49. The molecule has 0 fully saturated rings. The largest absolute Gasteiger partial charge is 0.573 e. The van der Waals surface area contributed by atoms with Crippen molar-refractivity contribution in [1.29, 1.82) is 5.26 Å². The van der Waals surface area contributed by atoms with Crippen LogP contribution in [-0.2, 0) is 4.74 Å². The molecule has 9 heteroatoms. The first-order valence-corrected chi connectivity index (χ1v) is 4.90. The van der Waals surface area contributed by atoms with Gasteiger partial charge in [0.05, 0.1) is 18.2 Å². The number of carbonyl (C=O) groups is 1. The van der Waals surface area contributed by atoms with Crippen molar-refractivity contribution >= 4 is 5.97 Å². The number of hydrogen-bond donors (Lipinski definition) is 0. The third-order valence-electron chi connectivity index (χ3n) is 2.14. The molecular weight excluding hydrogens is 289 g/mol. The van der Waals surface area contributed by atoms with Crippen LogP contribution in [0.5, 0.6) is 5.75 Å². The molecule has 0 bridgehead atoms. The van der Waals surface area contributed by atoms with Gasteiger partial charge in [0.1, 0.15) is 11.8 Å². The van der Waals surface area contributed by atoms with E-state index in [4.69, 9.17) is 5.26 Å². The fourth-order valence-electron chi connectivity index (χ4n) is 1.36. The Morgan fingerprint density at radius 2 is 1.95 bits per heavy atom. The Bertz CT molecular complexity index is 562. The number of ether oxygens (including phenoxy) is 2. The highest BCUT2D eigenvalue weighted by molar-refractivity contribution is 5.92. The topological polar surface area (TPSA) is 59.3 Å². The van der Waals surface area contributed by atoms with Gasteiger partial charge >= 0.3 is 12.3 Å². The summed E-state index contributed by atoms with van der Waals surface area (Å²) in [6, 6.07) is 2.18. The second-order valence-electron chi connectivity index (χ2n) is 3.39. The van der Waals surface area contributed by atoms with Crippen molar-refractivity contribution in [3.63, 3.8) is 0 Å². The summed E-state index contributed by atoms with van der Waals surface area (Å²) in [4.78, 5) is 11.3. The first kappa shape index (κ1) is 15.7. The number of carbonyl (C=O) groups excluding carboxylic acids is 1. The molecule has 0 aliphatic rings. The molecule has 108 valence electrons. The number of hydrogen-bond acceptors (Lipinski definition) is 4. The molecule has 1 aromatic rings. The Labute approximate surface area is 109 Å². The maximum atomic E-state index is 12.7. The van der Waals surface area contributed by atoms with Crippen LogP contribution in [0.2, 0.25) is 0 Å². The lowest BCUT2D eigenvalue weighted by atomic mass is 10.0. The van der Waals surface area contributed by atoms with Gasteiger partial charge in [0.2, 0.25) is 0 Å². The number of halogens is 5. The molecule has 0 saturated carbocycles. The van der Waals surface area contributed by atoms with Crippen molar-refractivity contribution in [1.82, 2.24) is 0 Å². The van der Waals surface area contributed by atoms with E-state index >= 15 is 0 Å². The molecule has 0 radical (unpaired) electrons. The summed E-state index contributed by atoms with van der Waals surface area (Å²) in [6.07, 6.45) is -8.40. The number of methoxy groups -OCH3 is 1. The summed E-state index contributed by atoms with van der Waals surface area (Å²) in [5.41, 5.74) is -2.43. The van der Waals surface area contributed by atoms with Crippen LogP contribution in [0.4, 0.5) is 22.0 Å². The molecule has 0 N–H and O–H groups in total. The highest BCUT2D eigenvalue weighted by Crippen LogP contribution is 2.33. The van der Waals surface area contributed by atoms with Crippen molar-refractivity contribution in [3.05, 3.63) is 28.8 Å². The summed E-state index contributed by atoms with van der Waals surface area (Å²) in [5.74, 6) is -2.31. The van der Waals surface area contributed by atoms with Gasteiger partial charge in [-0.1, -0.05) is 0 Å². The molecule has 1 rings (SSSR count). The Balaban J connectivity index is 3.46. The van der Waals surface area contributed by atoms with Crippen LogP contribution in [0.1, 0.15) is 27.9 Å². The summed E-state index contributed by atoms with van der Waals surface area (Å²) in [7, 11) is 0.907. The lowest BCUT2D eigenvalue weighted by Gasteiger charge is -2.14. The van der Waals surface area contributed by atoms with Gasteiger partial charge in [-0.15, -0.1) is 13.2 Å². The van der Waals surface area contributed by atoms with Crippen molar-refractivity contribution in [2.24, 2.45) is 0 Å². The molecular formula is C11H6F5NO3. The van der Waals surface area contributed by atoms with Crippen LogP contribution >= 0.6 is 0 Å². The molecule has 0 aliphatic heterocycles. The number of esters is 1. The van der Waals surface area contributed by atoms with Crippen LogP contribution in [-0.4, -0.2) is 19.4 Å². The van der Waals surface area contributed by atoms with E-state index in [1.807, 2.05) is 0 Å². The maximum Gasteiger partial charge on any atom is 0.573 e. The van der Waals surface area contributed by atoms with Crippen molar-refractivity contribution in [2.45, 2.75) is 12.8 Å². The summed E-state index contributed by atoms with van der Waals surface area (Å²) >= 11 is 0. The smallest absolute Gasteiger partial charge is 0.465 e. The fraction of sp³-hybridized carbons (Fsp3) is 0.273. The third-order valence-corrected chi connectivity index (χ3v) is 2.14. The SMILES string of the molecule is COC(=O)c1cc(C#N)c(OC(F)(F)F)cc1C(F)F. The van der Waals surface area contributed by atoms with E-state index in [0.29, 0.717) is 12.1 Å². The number of nitriles is 1. The van der Waals surface area contributed by atoms with E-state index in [0.717, 1.165) is 7.11 Å². The van der Waals surface area contributed by atoms with E-state index in [9.17, 15) is 26.7 Å². The van der Waals surface area contributed by atoms with Crippen LogP contribution in [0.25, 0.3) is 0 Å². The average molecular weight is 295 g/mol. The van der Waals surface area contributed by atoms with Gasteiger partial charge < -0.3 is 9.47 Å². The van der Waals surface area contributed by atoms with Gasteiger partial charge in [-0.25, -0.2) is 13.6 Å². The minimum absolute atomic E-state index is 0.295. The predicted octanol–water partition coefficient (Wildman–Crippen LogP) is 3.18. The minimum Gasteiger partial charge on any atom is -0.465 e. The quantitative estimate of drug-likeness (QED) is 0.634. The number of nitrogens with zero attached hydrogens (tertiary/aromatic N) is 1. The number of benzene rings is 1.